The summed E-state index contributed by atoms with van der Waals surface area (Å²) in [5.41, 5.74) is 2.60. The van der Waals surface area contributed by atoms with Crippen LogP contribution in [0.1, 0.15) is 34.7 Å². The van der Waals surface area contributed by atoms with E-state index in [1.807, 2.05) is 6.92 Å². The molecule has 0 radical (unpaired) electrons. The van der Waals surface area contributed by atoms with Crippen LogP contribution in [0.25, 0.3) is 0 Å². The van der Waals surface area contributed by atoms with E-state index in [-0.39, 0.29) is 23.5 Å². The maximum Gasteiger partial charge on any atom is 0.290 e. The molecule has 5 nitrogen and oxygen atoms in total. The Hall–Kier alpha value is -2.37. The van der Waals surface area contributed by atoms with E-state index in [1.165, 1.54) is 12.1 Å². The van der Waals surface area contributed by atoms with E-state index < -0.39 is 0 Å². The summed E-state index contributed by atoms with van der Waals surface area (Å²) in [6.07, 6.45) is 1.88. The first kappa shape index (κ1) is 15.5. The third kappa shape index (κ3) is 3.52. The molecule has 0 saturated carbocycles. The average molecular weight is 317 g/mol. The highest BCUT2D eigenvalue weighted by molar-refractivity contribution is 5.91. The topological polar surface area (TPSA) is 58.4 Å². The van der Waals surface area contributed by atoms with Gasteiger partial charge in [-0.25, -0.2) is 4.39 Å². The molecule has 1 saturated heterocycles. The van der Waals surface area contributed by atoms with Gasteiger partial charge in [0.2, 0.25) is 5.76 Å². The van der Waals surface area contributed by atoms with Gasteiger partial charge in [0.1, 0.15) is 5.82 Å². The highest BCUT2D eigenvalue weighted by Gasteiger charge is 2.24. The first-order chi connectivity index (χ1) is 11.0. The lowest BCUT2D eigenvalue weighted by Gasteiger charge is -2.35. The third-order valence-corrected chi connectivity index (χ3v) is 4.11. The monoisotopic (exact) mass is 317 g/mol. The molecule has 23 heavy (non-hydrogen) atoms. The lowest BCUT2D eigenvalue weighted by molar-refractivity contribution is 0.0896. The number of halogens is 1. The van der Waals surface area contributed by atoms with E-state index in [4.69, 9.17) is 4.52 Å². The summed E-state index contributed by atoms with van der Waals surface area (Å²) < 4.78 is 18.3. The summed E-state index contributed by atoms with van der Waals surface area (Å²) in [6.45, 7) is 5.28. The van der Waals surface area contributed by atoms with Crippen LogP contribution in [0, 0.1) is 19.7 Å². The van der Waals surface area contributed by atoms with Gasteiger partial charge in [0.25, 0.3) is 5.91 Å². The van der Waals surface area contributed by atoms with Crippen LogP contribution in [0.2, 0.25) is 0 Å². The van der Waals surface area contributed by atoms with Crippen molar-refractivity contribution < 1.29 is 13.7 Å². The number of anilines is 1. The van der Waals surface area contributed by atoms with E-state index >= 15 is 0 Å². The van der Waals surface area contributed by atoms with Crippen molar-refractivity contribution in [3.63, 3.8) is 0 Å². The van der Waals surface area contributed by atoms with Crippen molar-refractivity contribution in [2.75, 3.05) is 18.0 Å². The van der Waals surface area contributed by atoms with Gasteiger partial charge in [-0.1, -0.05) is 5.16 Å². The van der Waals surface area contributed by atoms with Gasteiger partial charge in [0, 0.05) is 30.9 Å². The van der Waals surface area contributed by atoms with Gasteiger partial charge in [-0.2, -0.15) is 0 Å². The predicted molar refractivity (Wildman–Crippen MR) is 85.1 cm³/mol. The van der Waals surface area contributed by atoms with Gasteiger partial charge < -0.3 is 14.7 Å². The number of amides is 1. The van der Waals surface area contributed by atoms with Crippen LogP contribution in [-0.4, -0.2) is 30.2 Å². The largest absolute Gasteiger partial charge is 0.369 e. The van der Waals surface area contributed by atoms with Gasteiger partial charge in [-0.3, -0.25) is 4.79 Å². The summed E-state index contributed by atoms with van der Waals surface area (Å²) in [7, 11) is 0. The Morgan fingerprint density at radius 1 is 1.39 bits per heavy atom. The van der Waals surface area contributed by atoms with Gasteiger partial charge in [-0.15, -0.1) is 0 Å². The molecule has 1 atom stereocenters. The molecule has 2 heterocycles. The Morgan fingerprint density at radius 3 is 2.91 bits per heavy atom. The molecular formula is C17H20FN3O2. The van der Waals surface area contributed by atoms with Crippen molar-refractivity contribution >= 4 is 11.6 Å². The Balaban J connectivity index is 1.67. The number of aryl methyl sites for hydroxylation is 2. The van der Waals surface area contributed by atoms with E-state index in [0.29, 0.717) is 12.2 Å². The molecule has 1 aromatic carbocycles. The molecule has 1 aliphatic rings. The van der Waals surface area contributed by atoms with Crippen molar-refractivity contribution in [3.05, 3.63) is 47.1 Å². The van der Waals surface area contributed by atoms with Crippen molar-refractivity contribution in [1.29, 1.82) is 0 Å². The maximum absolute atomic E-state index is 13.3. The number of hydrogen-bond donors (Lipinski definition) is 1. The SMILES string of the molecule is Cc1cc(C(=O)NC2CCCN(c3ccc(F)cc3C)C2)on1. The zero-order valence-corrected chi connectivity index (χ0v) is 13.3. The maximum atomic E-state index is 13.3. The van der Waals surface area contributed by atoms with Crippen LogP contribution in [0.5, 0.6) is 0 Å². The molecule has 0 aliphatic carbocycles. The fourth-order valence-corrected chi connectivity index (χ4v) is 3.01. The standard InChI is InChI=1S/C17H20FN3O2/c1-11-8-13(18)5-6-15(11)21-7-3-4-14(10-21)19-17(22)16-9-12(2)20-23-16/h5-6,8-9,14H,3-4,7,10H2,1-2H3,(H,19,22). The summed E-state index contributed by atoms with van der Waals surface area (Å²) in [6, 6.07) is 6.47. The van der Waals surface area contributed by atoms with Crippen LogP contribution >= 0.6 is 0 Å². The fourth-order valence-electron chi connectivity index (χ4n) is 3.01. The van der Waals surface area contributed by atoms with Crippen molar-refractivity contribution in [1.82, 2.24) is 10.5 Å². The number of carbonyl (C=O) groups excluding carboxylic acids is 1. The molecule has 1 unspecified atom stereocenters. The minimum absolute atomic E-state index is 0.0334. The molecule has 1 fully saturated rings. The quantitative estimate of drug-likeness (QED) is 0.946. The summed E-state index contributed by atoms with van der Waals surface area (Å²) >= 11 is 0. The van der Waals surface area contributed by atoms with Crippen molar-refractivity contribution in [2.24, 2.45) is 0 Å². The van der Waals surface area contributed by atoms with E-state index in [9.17, 15) is 9.18 Å². The van der Waals surface area contributed by atoms with Crippen LogP contribution in [-0.2, 0) is 0 Å². The molecule has 1 aromatic heterocycles. The second-order valence-corrected chi connectivity index (χ2v) is 6.02. The van der Waals surface area contributed by atoms with Crippen molar-refractivity contribution in [3.8, 4) is 0 Å². The predicted octanol–water partition coefficient (Wildman–Crippen LogP) is 2.83. The number of aromatic nitrogens is 1. The molecule has 1 amide bonds. The normalized spacial score (nSPS) is 18.0. The Kier molecular flexibility index (Phi) is 4.32. The minimum atomic E-state index is -0.242. The second-order valence-electron chi connectivity index (χ2n) is 6.02. The lowest BCUT2D eigenvalue weighted by atomic mass is 10.0. The first-order valence-corrected chi connectivity index (χ1v) is 7.78. The van der Waals surface area contributed by atoms with E-state index in [0.717, 1.165) is 30.6 Å². The van der Waals surface area contributed by atoms with Crippen LogP contribution in [0.3, 0.4) is 0 Å². The molecule has 1 N–H and O–H groups in total. The average Bonchev–Trinajstić information content (AvgIpc) is 2.94. The third-order valence-electron chi connectivity index (χ3n) is 4.11. The number of hydrogen-bond acceptors (Lipinski definition) is 4. The first-order valence-electron chi connectivity index (χ1n) is 7.78. The molecule has 0 bridgehead atoms. The van der Waals surface area contributed by atoms with Gasteiger partial charge in [0.15, 0.2) is 0 Å². The number of carbonyl (C=O) groups is 1. The summed E-state index contributed by atoms with van der Waals surface area (Å²) in [5.74, 6) is -0.236. The van der Waals surface area contributed by atoms with Crippen LogP contribution in [0.15, 0.2) is 28.8 Å². The summed E-state index contributed by atoms with van der Waals surface area (Å²) in [4.78, 5) is 14.4. The molecular weight excluding hydrogens is 297 g/mol. The Labute approximate surface area is 134 Å². The summed E-state index contributed by atoms with van der Waals surface area (Å²) in [5, 5.41) is 6.72. The highest BCUT2D eigenvalue weighted by Crippen LogP contribution is 2.24. The van der Waals surface area contributed by atoms with Gasteiger partial charge >= 0.3 is 0 Å². The van der Waals surface area contributed by atoms with E-state index in [1.54, 1.807) is 19.1 Å². The smallest absolute Gasteiger partial charge is 0.290 e. The molecule has 122 valence electrons. The molecule has 6 heteroatoms. The number of nitrogens with one attached hydrogen (secondary N) is 1. The number of rotatable bonds is 3. The highest BCUT2D eigenvalue weighted by atomic mass is 19.1. The number of nitrogens with zero attached hydrogens (tertiary/aromatic N) is 2. The molecule has 1 aliphatic heterocycles. The zero-order valence-electron chi connectivity index (χ0n) is 13.3. The number of piperidine rings is 1. The van der Waals surface area contributed by atoms with Gasteiger partial charge in [-0.05, 0) is 50.5 Å². The molecule has 3 rings (SSSR count). The lowest BCUT2D eigenvalue weighted by Crippen LogP contribution is -2.48. The number of benzene rings is 1. The van der Waals surface area contributed by atoms with Gasteiger partial charge in [0.05, 0.1) is 5.69 Å². The zero-order chi connectivity index (χ0) is 16.4. The molecule has 0 spiro atoms. The van der Waals surface area contributed by atoms with Crippen LogP contribution in [0.4, 0.5) is 10.1 Å². The van der Waals surface area contributed by atoms with Crippen LogP contribution < -0.4 is 10.2 Å². The molecule has 2 aromatic rings. The minimum Gasteiger partial charge on any atom is -0.369 e. The Morgan fingerprint density at radius 2 is 2.22 bits per heavy atom. The second kappa shape index (κ2) is 6.40. The van der Waals surface area contributed by atoms with Crippen molar-refractivity contribution in [2.45, 2.75) is 32.7 Å². The van der Waals surface area contributed by atoms with E-state index in [2.05, 4.69) is 15.4 Å². The fraction of sp³-hybridized carbons (Fsp3) is 0.412. The Bertz CT molecular complexity index is 714.